The molecule has 1 heterocycles. The van der Waals surface area contributed by atoms with Gasteiger partial charge in [-0.25, -0.2) is 4.98 Å². The molecule has 2 aromatic rings. The Morgan fingerprint density at radius 1 is 1.12 bits per heavy atom. The van der Waals surface area contributed by atoms with Crippen molar-refractivity contribution in [3.05, 3.63) is 42.1 Å². The monoisotopic (exact) mass is 326 g/mol. The average Bonchev–Trinajstić information content (AvgIpc) is 2.58. The van der Waals surface area contributed by atoms with Crippen molar-refractivity contribution in [2.45, 2.75) is 37.8 Å². The Bertz CT molecular complexity index is 697. The molecule has 0 radical (unpaired) electrons. The fourth-order valence-corrected chi connectivity index (χ4v) is 2.84. The molecule has 1 saturated carbocycles. The molecule has 1 aliphatic carbocycles. The van der Waals surface area contributed by atoms with Crippen LogP contribution in [0.25, 0.3) is 0 Å². The Balaban J connectivity index is 1.79. The highest BCUT2D eigenvalue weighted by atomic mass is 16.1. The van der Waals surface area contributed by atoms with E-state index >= 15 is 0 Å². The molecule has 1 aromatic heterocycles. The van der Waals surface area contributed by atoms with E-state index in [9.17, 15) is 4.79 Å². The summed E-state index contributed by atoms with van der Waals surface area (Å²) >= 11 is 0. The van der Waals surface area contributed by atoms with Crippen molar-refractivity contribution in [2.75, 3.05) is 10.6 Å². The van der Waals surface area contributed by atoms with Gasteiger partial charge in [0.2, 0.25) is 5.95 Å². The summed E-state index contributed by atoms with van der Waals surface area (Å²) in [6.45, 7) is 0. The lowest BCUT2D eigenvalue weighted by Gasteiger charge is -2.27. The van der Waals surface area contributed by atoms with E-state index in [-0.39, 0.29) is 12.1 Å². The summed E-state index contributed by atoms with van der Waals surface area (Å²) in [5.41, 5.74) is 12.6. The number of primary amides is 1. The van der Waals surface area contributed by atoms with Crippen LogP contribution in [-0.2, 0) is 0 Å². The lowest BCUT2D eigenvalue weighted by atomic mass is 9.92. The second-order valence-corrected chi connectivity index (χ2v) is 6.07. The van der Waals surface area contributed by atoms with Gasteiger partial charge in [-0.2, -0.15) is 4.98 Å². The standard InChI is InChI=1S/C17H22N6O/c18-11-6-8-13(9-7-11)21-16-14(15(19)24)10-20-17(23-16)22-12-4-2-1-3-5-12/h1-5,10-11,13H,6-9,18H2,(H2,19,24)(H2,20,21,22,23). The number of anilines is 3. The first-order valence-corrected chi connectivity index (χ1v) is 8.13. The Hall–Kier alpha value is -2.67. The van der Waals surface area contributed by atoms with Gasteiger partial charge in [0.15, 0.2) is 0 Å². The number of hydrogen-bond donors (Lipinski definition) is 4. The maximum atomic E-state index is 11.6. The molecule has 0 aliphatic heterocycles. The van der Waals surface area contributed by atoms with E-state index in [1.54, 1.807) is 0 Å². The van der Waals surface area contributed by atoms with Gasteiger partial charge in [0, 0.05) is 24.0 Å². The fraction of sp³-hybridized carbons (Fsp3) is 0.353. The molecule has 3 rings (SSSR count). The van der Waals surface area contributed by atoms with Gasteiger partial charge in [-0.3, -0.25) is 4.79 Å². The number of carbonyl (C=O) groups excluding carboxylic acids is 1. The summed E-state index contributed by atoms with van der Waals surface area (Å²) in [5, 5.41) is 6.45. The Morgan fingerprint density at radius 3 is 2.50 bits per heavy atom. The molecule has 1 aliphatic rings. The molecule has 1 aromatic carbocycles. The number of amides is 1. The van der Waals surface area contributed by atoms with Gasteiger partial charge >= 0.3 is 0 Å². The third-order valence-electron chi connectivity index (χ3n) is 4.20. The molecule has 24 heavy (non-hydrogen) atoms. The van der Waals surface area contributed by atoms with E-state index in [4.69, 9.17) is 11.5 Å². The molecule has 7 heteroatoms. The van der Waals surface area contributed by atoms with Crippen molar-refractivity contribution in [1.82, 2.24) is 9.97 Å². The molecular weight excluding hydrogens is 304 g/mol. The van der Waals surface area contributed by atoms with Gasteiger partial charge in [0.05, 0.1) is 5.56 Å². The van der Waals surface area contributed by atoms with Crippen LogP contribution >= 0.6 is 0 Å². The van der Waals surface area contributed by atoms with Crippen LogP contribution in [0.15, 0.2) is 36.5 Å². The van der Waals surface area contributed by atoms with Gasteiger partial charge in [0.25, 0.3) is 5.91 Å². The number of nitrogens with zero attached hydrogens (tertiary/aromatic N) is 2. The second-order valence-electron chi connectivity index (χ2n) is 6.07. The van der Waals surface area contributed by atoms with E-state index in [1.807, 2.05) is 30.3 Å². The molecule has 1 amide bonds. The smallest absolute Gasteiger partial charge is 0.254 e. The molecule has 126 valence electrons. The molecule has 0 atom stereocenters. The first-order chi connectivity index (χ1) is 11.6. The molecular formula is C17H22N6O. The first kappa shape index (κ1) is 16.2. The number of nitrogens with two attached hydrogens (primary N) is 2. The lowest BCUT2D eigenvalue weighted by Crippen LogP contribution is -2.33. The van der Waals surface area contributed by atoms with E-state index in [0.717, 1.165) is 31.4 Å². The van der Waals surface area contributed by atoms with Crippen LogP contribution in [0.4, 0.5) is 17.5 Å². The number of hydrogen-bond acceptors (Lipinski definition) is 6. The topological polar surface area (TPSA) is 119 Å². The predicted molar refractivity (Wildman–Crippen MR) is 94.1 cm³/mol. The fourth-order valence-electron chi connectivity index (χ4n) is 2.84. The Morgan fingerprint density at radius 2 is 1.83 bits per heavy atom. The minimum absolute atomic E-state index is 0.238. The summed E-state index contributed by atoms with van der Waals surface area (Å²) in [6, 6.07) is 10.1. The van der Waals surface area contributed by atoms with Crippen LogP contribution in [0.2, 0.25) is 0 Å². The first-order valence-electron chi connectivity index (χ1n) is 8.13. The van der Waals surface area contributed by atoms with E-state index in [2.05, 4.69) is 20.6 Å². The van der Waals surface area contributed by atoms with Crippen LogP contribution in [0.5, 0.6) is 0 Å². The zero-order valence-electron chi connectivity index (χ0n) is 13.4. The highest BCUT2D eigenvalue weighted by molar-refractivity contribution is 5.97. The number of rotatable bonds is 5. The van der Waals surface area contributed by atoms with Gasteiger partial charge in [0.1, 0.15) is 5.82 Å². The SMILES string of the molecule is NC(=O)c1cnc(Nc2ccccc2)nc1NC1CCC(N)CC1. The van der Waals surface area contributed by atoms with Crippen molar-refractivity contribution in [2.24, 2.45) is 11.5 Å². The quantitative estimate of drug-likeness (QED) is 0.667. The van der Waals surface area contributed by atoms with Crippen molar-refractivity contribution in [1.29, 1.82) is 0 Å². The molecule has 0 unspecified atom stereocenters. The molecule has 7 nitrogen and oxygen atoms in total. The van der Waals surface area contributed by atoms with Crippen molar-refractivity contribution in [3.63, 3.8) is 0 Å². The van der Waals surface area contributed by atoms with Crippen LogP contribution in [0.1, 0.15) is 36.0 Å². The molecule has 1 fully saturated rings. The van der Waals surface area contributed by atoms with E-state index < -0.39 is 5.91 Å². The molecule has 6 N–H and O–H groups in total. The molecule has 0 bridgehead atoms. The Kier molecular flexibility index (Phi) is 4.90. The van der Waals surface area contributed by atoms with Crippen LogP contribution < -0.4 is 22.1 Å². The average molecular weight is 326 g/mol. The second kappa shape index (κ2) is 7.27. The zero-order chi connectivity index (χ0) is 16.9. The predicted octanol–water partition coefficient (Wildman–Crippen LogP) is 2.00. The van der Waals surface area contributed by atoms with Crippen LogP contribution in [-0.4, -0.2) is 28.0 Å². The molecule has 0 spiro atoms. The lowest BCUT2D eigenvalue weighted by molar-refractivity contribution is 0.100. The minimum Gasteiger partial charge on any atom is -0.367 e. The Labute approximate surface area is 140 Å². The summed E-state index contributed by atoms with van der Waals surface area (Å²) in [5.74, 6) is 0.342. The number of carbonyl (C=O) groups is 1. The molecule has 0 saturated heterocycles. The van der Waals surface area contributed by atoms with Crippen molar-refractivity contribution >= 4 is 23.4 Å². The summed E-state index contributed by atoms with van der Waals surface area (Å²) in [6.07, 6.45) is 5.28. The number of nitrogens with one attached hydrogen (secondary N) is 2. The highest BCUT2D eigenvalue weighted by Crippen LogP contribution is 2.23. The van der Waals surface area contributed by atoms with Gasteiger partial charge in [-0.05, 0) is 37.8 Å². The van der Waals surface area contributed by atoms with E-state index in [0.29, 0.717) is 17.3 Å². The van der Waals surface area contributed by atoms with Gasteiger partial charge in [-0.15, -0.1) is 0 Å². The summed E-state index contributed by atoms with van der Waals surface area (Å²) in [7, 11) is 0. The highest BCUT2D eigenvalue weighted by Gasteiger charge is 2.21. The minimum atomic E-state index is -0.545. The van der Waals surface area contributed by atoms with Crippen molar-refractivity contribution in [3.8, 4) is 0 Å². The number of aromatic nitrogens is 2. The van der Waals surface area contributed by atoms with Crippen LogP contribution in [0, 0.1) is 0 Å². The maximum absolute atomic E-state index is 11.6. The zero-order valence-corrected chi connectivity index (χ0v) is 13.4. The maximum Gasteiger partial charge on any atom is 0.254 e. The number of para-hydroxylation sites is 1. The van der Waals surface area contributed by atoms with E-state index in [1.165, 1.54) is 6.20 Å². The van der Waals surface area contributed by atoms with Crippen LogP contribution in [0.3, 0.4) is 0 Å². The van der Waals surface area contributed by atoms with Gasteiger partial charge < -0.3 is 22.1 Å². The summed E-state index contributed by atoms with van der Waals surface area (Å²) < 4.78 is 0. The third kappa shape index (κ3) is 3.99. The normalized spacial score (nSPS) is 20.4. The van der Waals surface area contributed by atoms with Crippen molar-refractivity contribution < 1.29 is 4.79 Å². The summed E-state index contributed by atoms with van der Waals surface area (Å²) in [4.78, 5) is 20.3. The number of benzene rings is 1. The third-order valence-corrected chi connectivity index (χ3v) is 4.20. The largest absolute Gasteiger partial charge is 0.367 e. The van der Waals surface area contributed by atoms with Gasteiger partial charge in [-0.1, -0.05) is 18.2 Å².